The number of hydrogen-bond donors (Lipinski definition) is 0. The maximum atomic E-state index is 2.54. The minimum atomic E-state index is 0.268. The van der Waals surface area contributed by atoms with Gasteiger partial charge in [0.1, 0.15) is 0 Å². The SMILES string of the molecule is CCC(C)(C)N1CSc2cccc(C)c21. The van der Waals surface area contributed by atoms with Crippen molar-refractivity contribution < 1.29 is 0 Å². The van der Waals surface area contributed by atoms with E-state index in [2.05, 4.69) is 50.8 Å². The van der Waals surface area contributed by atoms with Crippen LogP contribution < -0.4 is 4.90 Å². The second-order valence-electron chi connectivity index (χ2n) is 4.79. The zero-order valence-corrected chi connectivity index (χ0v) is 10.8. The lowest BCUT2D eigenvalue weighted by atomic mass is 9.98. The molecule has 2 rings (SSSR count). The molecule has 0 bridgehead atoms. The molecule has 2 heteroatoms. The van der Waals surface area contributed by atoms with Crippen LogP contribution in [-0.2, 0) is 0 Å². The third-order valence-corrected chi connectivity index (χ3v) is 4.44. The van der Waals surface area contributed by atoms with Crippen LogP contribution in [0.2, 0.25) is 0 Å². The lowest BCUT2D eigenvalue weighted by Crippen LogP contribution is -2.42. The van der Waals surface area contributed by atoms with Crippen LogP contribution in [-0.4, -0.2) is 11.4 Å². The van der Waals surface area contributed by atoms with Crippen LogP contribution in [0.4, 0.5) is 5.69 Å². The lowest BCUT2D eigenvalue weighted by molar-refractivity contribution is 0.466. The molecular weight excluding hydrogens is 202 g/mol. The number of fused-ring (bicyclic) bond motifs is 1. The molecule has 1 aliphatic heterocycles. The van der Waals surface area contributed by atoms with Crippen LogP contribution in [0.25, 0.3) is 0 Å². The highest BCUT2D eigenvalue weighted by atomic mass is 32.2. The summed E-state index contributed by atoms with van der Waals surface area (Å²) in [5.74, 6) is 1.10. The topological polar surface area (TPSA) is 3.24 Å². The first kappa shape index (κ1) is 10.9. The van der Waals surface area contributed by atoms with Crippen molar-refractivity contribution in [1.29, 1.82) is 0 Å². The van der Waals surface area contributed by atoms with Crippen molar-refractivity contribution in [3.63, 3.8) is 0 Å². The molecule has 0 saturated carbocycles. The quantitative estimate of drug-likeness (QED) is 0.741. The molecule has 0 radical (unpaired) electrons. The van der Waals surface area contributed by atoms with Gasteiger partial charge in [-0.2, -0.15) is 0 Å². The van der Waals surface area contributed by atoms with E-state index in [4.69, 9.17) is 0 Å². The van der Waals surface area contributed by atoms with Crippen LogP contribution in [0, 0.1) is 6.92 Å². The molecule has 0 aromatic heterocycles. The van der Waals surface area contributed by atoms with Crippen molar-refractivity contribution in [2.45, 2.75) is 44.6 Å². The van der Waals surface area contributed by atoms with E-state index >= 15 is 0 Å². The average molecular weight is 221 g/mol. The molecule has 15 heavy (non-hydrogen) atoms. The predicted molar refractivity (Wildman–Crippen MR) is 68.8 cm³/mol. The predicted octanol–water partition coefficient (Wildman–Crippen LogP) is 4.05. The summed E-state index contributed by atoms with van der Waals surface area (Å²) in [5, 5.41) is 0. The van der Waals surface area contributed by atoms with Gasteiger partial charge in [0.05, 0.1) is 11.6 Å². The number of nitrogens with zero attached hydrogens (tertiary/aromatic N) is 1. The Bertz CT molecular complexity index is 371. The fourth-order valence-electron chi connectivity index (χ4n) is 1.96. The summed E-state index contributed by atoms with van der Waals surface area (Å²) in [6.45, 7) is 9.13. The Morgan fingerprint density at radius 1 is 1.40 bits per heavy atom. The number of rotatable bonds is 2. The van der Waals surface area contributed by atoms with E-state index in [0.29, 0.717) is 0 Å². The maximum absolute atomic E-state index is 2.54. The fourth-order valence-corrected chi connectivity index (χ4v) is 3.29. The minimum absolute atomic E-state index is 0.268. The molecule has 0 atom stereocenters. The van der Waals surface area contributed by atoms with Crippen LogP contribution in [0.15, 0.2) is 23.1 Å². The zero-order valence-electron chi connectivity index (χ0n) is 10.0. The van der Waals surface area contributed by atoms with Crippen LogP contribution in [0.1, 0.15) is 32.8 Å². The van der Waals surface area contributed by atoms with Gasteiger partial charge in [0.25, 0.3) is 0 Å². The molecule has 0 saturated heterocycles. The van der Waals surface area contributed by atoms with Gasteiger partial charge in [-0.05, 0) is 38.8 Å². The van der Waals surface area contributed by atoms with E-state index in [0.717, 1.165) is 5.88 Å². The lowest BCUT2D eigenvalue weighted by Gasteiger charge is -2.37. The number of para-hydroxylation sites is 1. The first-order valence-electron chi connectivity index (χ1n) is 5.56. The summed E-state index contributed by atoms with van der Waals surface area (Å²) in [6.07, 6.45) is 1.18. The molecule has 1 aromatic carbocycles. The third kappa shape index (κ3) is 1.76. The third-order valence-electron chi connectivity index (χ3n) is 3.42. The second-order valence-corrected chi connectivity index (χ2v) is 5.78. The number of thioether (sulfide) groups is 1. The van der Waals surface area contributed by atoms with Gasteiger partial charge in [-0.25, -0.2) is 0 Å². The Morgan fingerprint density at radius 2 is 2.13 bits per heavy atom. The van der Waals surface area contributed by atoms with Crippen LogP contribution in [0.5, 0.6) is 0 Å². The van der Waals surface area contributed by atoms with E-state index in [1.165, 1.54) is 22.6 Å². The summed E-state index contributed by atoms with van der Waals surface area (Å²) >= 11 is 1.96. The van der Waals surface area contributed by atoms with Gasteiger partial charge >= 0.3 is 0 Å². The van der Waals surface area contributed by atoms with Gasteiger partial charge in [-0.1, -0.05) is 19.1 Å². The molecule has 1 nitrogen and oxygen atoms in total. The van der Waals surface area contributed by atoms with Crippen LogP contribution in [0.3, 0.4) is 0 Å². The fraction of sp³-hybridized carbons (Fsp3) is 0.538. The molecule has 1 aliphatic rings. The Morgan fingerprint density at radius 3 is 2.80 bits per heavy atom. The van der Waals surface area contributed by atoms with Gasteiger partial charge in [-0.15, -0.1) is 11.8 Å². The smallest absolute Gasteiger partial charge is 0.0692 e. The zero-order chi connectivity index (χ0) is 11.1. The Balaban J connectivity index is 2.44. The maximum Gasteiger partial charge on any atom is 0.0692 e. The molecule has 0 aliphatic carbocycles. The molecule has 0 spiro atoms. The highest BCUT2D eigenvalue weighted by Crippen LogP contribution is 2.44. The Kier molecular flexibility index (Phi) is 2.72. The molecule has 1 heterocycles. The number of benzene rings is 1. The van der Waals surface area contributed by atoms with Crippen LogP contribution >= 0.6 is 11.8 Å². The first-order valence-corrected chi connectivity index (χ1v) is 6.55. The van der Waals surface area contributed by atoms with Gasteiger partial charge < -0.3 is 4.90 Å². The van der Waals surface area contributed by atoms with Gasteiger partial charge in [0, 0.05) is 10.4 Å². The van der Waals surface area contributed by atoms with E-state index in [-0.39, 0.29) is 5.54 Å². The molecule has 0 unspecified atom stereocenters. The van der Waals surface area contributed by atoms with Crippen molar-refractivity contribution >= 4 is 17.4 Å². The Labute approximate surface area is 96.9 Å². The van der Waals surface area contributed by atoms with Crippen molar-refractivity contribution in [1.82, 2.24) is 0 Å². The van der Waals surface area contributed by atoms with Gasteiger partial charge in [0.2, 0.25) is 0 Å². The Hall–Kier alpha value is -0.630. The van der Waals surface area contributed by atoms with E-state index in [1.54, 1.807) is 0 Å². The van der Waals surface area contributed by atoms with Gasteiger partial charge in [-0.3, -0.25) is 0 Å². The summed E-state index contributed by atoms with van der Waals surface area (Å²) in [4.78, 5) is 3.99. The standard InChI is InChI=1S/C13H19NS/c1-5-13(3,4)14-9-15-11-8-6-7-10(2)12(11)14/h6-8H,5,9H2,1-4H3. The summed E-state index contributed by atoms with van der Waals surface area (Å²) in [5.41, 5.74) is 3.12. The van der Waals surface area contributed by atoms with Crippen molar-refractivity contribution in [2.24, 2.45) is 0 Å². The summed E-state index contributed by atoms with van der Waals surface area (Å²) in [6, 6.07) is 6.60. The average Bonchev–Trinajstić information content (AvgIpc) is 2.63. The summed E-state index contributed by atoms with van der Waals surface area (Å²) < 4.78 is 0. The monoisotopic (exact) mass is 221 g/mol. The number of aryl methyl sites for hydroxylation is 1. The number of hydrogen-bond acceptors (Lipinski definition) is 2. The molecule has 0 amide bonds. The molecule has 0 N–H and O–H groups in total. The van der Waals surface area contributed by atoms with E-state index in [1.807, 2.05) is 11.8 Å². The highest BCUT2D eigenvalue weighted by molar-refractivity contribution is 7.99. The van der Waals surface area contributed by atoms with E-state index in [9.17, 15) is 0 Å². The highest BCUT2D eigenvalue weighted by Gasteiger charge is 2.31. The molecule has 82 valence electrons. The second kappa shape index (κ2) is 3.75. The normalized spacial score (nSPS) is 15.6. The van der Waals surface area contributed by atoms with E-state index < -0.39 is 0 Å². The summed E-state index contributed by atoms with van der Waals surface area (Å²) in [7, 11) is 0. The van der Waals surface area contributed by atoms with Crippen molar-refractivity contribution in [3.05, 3.63) is 23.8 Å². The van der Waals surface area contributed by atoms with Crippen molar-refractivity contribution in [2.75, 3.05) is 10.8 Å². The van der Waals surface area contributed by atoms with Crippen molar-refractivity contribution in [3.8, 4) is 0 Å². The first-order chi connectivity index (χ1) is 7.06. The van der Waals surface area contributed by atoms with Gasteiger partial charge in [0.15, 0.2) is 0 Å². The molecule has 1 aromatic rings. The minimum Gasteiger partial charge on any atom is -0.356 e. The number of anilines is 1. The molecule has 0 fully saturated rings. The molecular formula is C13H19NS. The largest absolute Gasteiger partial charge is 0.356 e.